The van der Waals surface area contributed by atoms with Crippen molar-refractivity contribution in [2.24, 2.45) is 11.8 Å². The Labute approximate surface area is 179 Å². The average Bonchev–Trinajstić information content (AvgIpc) is 3.12. The van der Waals surface area contributed by atoms with Crippen LogP contribution in [0.15, 0.2) is 30.9 Å². The molecule has 30 heavy (non-hydrogen) atoms. The molecule has 0 amide bonds. The lowest BCUT2D eigenvalue weighted by molar-refractivity contribution is -0.108. The molecule has 0 spiro atoms. The van der Waals surface area contributed by atoms with Gasteiger partial charge in [0.25, 0.3) is 5.92 Å². The van der Waals surface area contributed by atoms with Crippen molar-refractivity contribution in [1.29, 1.82) is 0 Å². The van der Waals surface area contributed by atoms with Crippen molar-refractivity contribution in [2.75, 3.05) is 30.8 Å². The molecule has 3 unspecified atom stereocenters. The first kappa shape index (κ1) is 21.0. The van der Waals surface area contributed by atoms with Gasteiger partial charge in [0.1, 0.15) is 16.7 Å². The number of alkyl halides is 2. The van der Waals surface area contributed by atoms with E-state index in [1.54, 1.807) is 35.3 Å². The number of rotatable bonds is 5. The largest absolute Gasteiger partial charge is 0.355 e. The zero-order valence-corrected chi connectivity index (χ0v) is 17.9. The highest BCUT2D eigenvalue weighted by molar-refractivity contribution is 7.82. The van der Waals surface area contributed by atoms with E-state index in [9.17, 15) is 13.0 Å². The van der Waals surface area contributed by atoms with Crippen LogP contribution >= 0.6 is 11.6 Å². The van der Waals surface area contributed by atoms with Gasteiger partial charge in [-0.15, -0.1) is 0 Å². The standard InChI is InChI=1S/C18H20ClF2N7OS/c1-11-8-27(9-12(18(11,20)21)5-25-30(2)29)15-3-4-22-17(26-15)13-6-24-16-7-23-14(19)10-28(13)16/h3-4,6-7,10-12,25H,5,8-9H2,1-2H3. The summed E-state index contributed by atoms with van der Waals surface area (Å²) < 4.78 is 45.1. The van der Waals surface area contributed by atoms with Crippen molar-refractivity contribution in [3.05, 3.63) is 36.0 Å². The highest BCUT2D eigenvalue weighted by Crippen LogP contribution is 2.39. The van der Waals surface area contributed by atoms with Crippen molar-refractivity contribution in [2.45, 2.75) is 12.8 Å². The minimum Gasteiger partial charge on any atom is -0.355 e. The van der Waals surface area contributed by atoms with Crippen LogP contribution in [0.2, 0.25) is 5.15 Å². The molecule has 1 aliphatic rings. The number of fused-ring (bicyclic) bond motifs is 1. The van der Waals surface area contributed by atoms with Crippen LogP contribution in [0.3, 0.4) is 0 Å². The Morgan fingerprint density at radius 1 is 1.30 bits per heavy atom. The third-order valence-electron chi connectivity index (χ3n) is 5.23. The summed E-state index contributed by atoms with van der Waals surface area (Å²) in [4.78, 5) is 19.0. The quantitative estimate of drug-likeness (QED) is 0.635. The molecule has 1 N–H and O–H groups in total. The predicted molar refractivity (Wildman–Crippen MR) is 111 cm³/mol. The van der Waals surface area contributed by atoms with Crippen LogP contribution in [-0.4, -0.2) is 60.4 Å². The number of anilines is 1. The third kappa shape index (κ3) is 4.01. The fraction of sp³-hybridized carbons (Fsp3) is 0.444. The van der Waals surface area contributed by atoms with Gasteiger partial charge in [0.2, 0.25) is 0 Å². The van der Waals surface area contributed by atoms with Crippen molar-refractivity contribution in [3.8, 4) is 11.5 Å². The number of nitrogens with one attached hydrogen (secondary N) is 1. The molecule has 3 atom stereocenters. The highest BCUT2D eigenvalue weighted by Gasteiger charge is 2.49. The zero-order chi connectivity index (χ0) is 21.5. The summed E-state index contributed by atoms with van der Waals surface area (Å²) in [7, 11) is -1.36. The minimum atomic E-state index is -2.87. The first-order chi connectivity index (χ1) is 14.3. The maximum Gasteiger partial charge on any atom is 0.258 e. The second kappa shape index (κ2) is 8.12. The normalized spacial score (nSPS) is 22.4. The molecule has 1 saturated heterocycles. The number of nitrogens with zero attached hydrogens (tertiary/aromatic N) is 6. The van der Waals surface area contributed by atoms with Gasteiger partial charge in [-0.3, -0.25) is 4.40 Å². The summed E-state index contributed by atoms with van der Waals surface area (Å²) in [5.41, 5.74) is 1.21. The second-order valence-electron chi connectivity index (χ2n) is 7.30. The van der Waals surface area contributed by atoms with Gasteiger partial charge in [-0.1, -0.05) is 18.5 Å². The van der Waals surface area contributed by atoms with Gasteiger partial charge >= 0.3 is 0 Å². The van der Waals surface area contributed by atoms with Gasteiger partial charge in [0, 0.05) is 44.2 Å². The Balaban J connectivity index is 1.64. The molecule has 8 nitrogen and oxygen atoms in total. The number of imidazole rings is 1. The smallest absolute Gasteiger partial charge is 0.258 e. The molecule has 0 saturated carbocycles. The van der Waals surface area contributed by atoms with E-state index in [2.05, 4.69) is 24.7 Å². The zero-order valence-electron chi connectivity index (χ0n) is 16.3. The van der Waals surface area contributed by atoms with Crippen LogP contribution < -0.4 is 9.62 Å². The number of piperidine rings is 1. The molecule has 0 bridgehead atoms. The molecule has 0 radical (unpaired) electrons. The Morgan fingerprint density at radius 3 is 2.87 bits per heavy atom. The Kier molecular flexibility index (Phi) is 5.69. The van der Waals surface area contributed by atoms with Gasteiger partial charge in [-0.2, -0.15) is 0 Å². The minimum absolute atomic E-state index is 0.0480. The molecule has 4 rings (SSSR count). The van der Waals surface area contributed by atoms with Gasteiger partial charge in [-0.05, 0) is 6.07 Å². The highest BCUT2D eigenvalue weighted by atomic mass is 35.5. The van der Waals surface area contributed by atoms with Crippen molar-refractivity contribution < 1.29 is 13.0 Å². The summed E-state index contributed by atoms with van der Waals surface area (Å²) in [6.07, 6.45) is 7.79. The van der Waals surface area contributed by atoms with Crippen molar-refractivity contribution in [1.82, 2.24) is 29.1 Å². The molecular weight excluding hydrogens is 436 g/mol. The molecular formula is C18H20ClF2N7OS. The molecule has 1 aliphatic heterocycles. The maximum atomic E-state index is 14.7. The van der Waals surface area contributed by atoms with Gasteiger partial charge < -0.3 is 4.90 Å². The summed E-state index contributed by atoms with van der Waals surface area (Å²) >= 11 is 5.99. The SMILES string of the molecule is CC1CN(c2ccnc(-c3cnc4cnc(Cl)cn34)n2)CC(CNS(C)=O)C1(F)F. The lowest BCUT2D eigenvalue weighted by Crippen LogP contribution is -2.55. The fourth-order valence-corrected chi connectivity index (χ4v) is 4.18. The van der Waals surface area contributed by atoms with Gasteiger partial charge in [0.05, 0.1) is 29.3 Å². The van der Waals surface area contributed by atoms with Gasteiger partial charge in [-0.25, -0.2) is 37.6 Å². The molecule has 160 valence electrons. The summed E-state index contributed by atoms with van der Waals surface area (Å²) in [6.45, 7) is 1.70. The van der Waals surface area contributed by atoms with Crippen LogP contribution in [0, 0.1) is 11.8 Å². The van der Waals surface area contributed by atoms with Crippen LogP contribution in [0.1, 0.15) is 6.92 Å². The average molecular weight is 456 g/mol. The summed E-state index contributed by atoms with van der Waals surface area (Å²) in [5.74, 6) is -3.81. The number of hydrogen-bond acceptors (Lipinski definition) is 6. The Morgan fingerprint density at radius 2 is 2.10 bits per heavy atom. The fourth-order valence-electron chi connectivity index (χ4n) is 3.60. The van der Waals surface area contributed by atoms with E-state index in [1.165, 1.54) is 13.2 Å². The van der Waals surface area contributed by atoms with E-state index in [4.69, 9.17) is 11.6 Å². The van der Waals surface area contributed by atoms with E-state index in [-0.39, 0.29) is 19.6 Å². The molecule has 0 aliphatic carbocycles. The first-order valence-electron chi connectivity index (χ1n) is 9.27. The molecule has 3 aromatic heterocycles. The summed E-state index contributed by atoms with van der Waals surface area (Å²) in [6, 6.07) is 1.69. The van der Waals surface area contributed by atoms with Crippen LogP contribution in [0.5, 0.6) is 0 Å². The number of hydrogen-bond donors (Lipinski definition) is 1. The van der Waals surface area contributed by atoms with E-state index >= 15 is 0 Å². The van der Waals surface area contributed by atoms with Crippen molar-refractivity contribution >= 4 is 34.1 Å². The third-order valence-corrected chi connectivity index (χ3v) is 6.00. The number of halogens is 3. The van der Waals surface area contributed by atoms with Crippen LogP contribution in [0.25, 0.3) is 17.2 Å². The predicted octanol–water partition coefficient (Wildman–Crippen LogP) is 2.43. The molecule has 12 heteroatoms. The Bertz CT molecular complexity index is 1100. The van der Waals surface area contributed by atoms with Gasteiger partial charge in [0.15, 0.2) is 11.5 Å². The Hall–Kier alpha value is -2.24. The van der Waals surface area contributed by atoms with E-state index in [0.717, 1.165) is 0 Å². The molecule has 1 fully saturated rings. The number of aromatic nitrogens is 5. The lowest BCUT2D eigenvalue weighted by atomic mass is 9.86. The second-order valence-corrected chi connectivity index (χ2v) is 8.88. The lowest BCUT2D eigenvalue weighted by Gasteiger charge is -2.43. The topological polar surface area (TPSA) is 88.3 Å². The van der Waals surface area contributed by atoms with Crippen LogP contribution in [-0.2, 0) is 11.0 Å². The maximum absolute atomic E-state index is 14.7. The molecule has 3 aromatic rings. The van der Waals surface area contributed by atoms with Crippen LogP contribution in [0.4, 0.5) is 14.6 Å². The van der Waals surface area contributed by atoms with E-state index in [0.29, 0.717) is 28.1 Å². The monoisotopic (exact) mass is 455 g/mol. The molecule has 0 aromatic carbocycles. The molecule has 4 heterocycles. The van der Waals surface area contributed by atoms with Crippen molar-refractivity contribution in [3.63, 3.8) is 0 Å². The summed E-state index contributed by atoms with van der Waals surface area (Å²) in [5, 5.41) is 0.300. The van der Waals surface area contributed by atoms with E-state index < -0.39 is 28.7 Å². The van der Waals surface area contributed by atoms with E-state index in [1.807, 2.05) is 4.90 Å². The first-order valence-corrected chi connectivity index (χ1v) is 11.2.